The molecule has 0 aromatic heterocycles. The van der Waals surface area contributed by atoms with Gasteiger partial charge in [0.05, 0.1) is 17.2 Å². The molecule has 3 unspecified atom stereocenters. The quantitative estimate of drug-likeness (QED) is 0.427. The monoisotopic (exact) mass is 603 g/mol. The number of nitrogens with one attached hydrogen (secondary N) is 2. The maximum absolute atomic E-state index is 14.2. The second-order valence-corrected chi connectivity index (χ2v) is 14.2. The first-order chi connectivity index (χ1) is 18.4. The van der Waals surface area contributed by atoms with Gasteiger partial charge < -0.3 is 5.32 Å². The third-order valence-corrected chi connectivity index (χ3v) is 8.75. The summed E-state index contributed by atoms with van der Waals surface area (Å²) < 4.78 is 90.2. The highest BCUT2D eigenvalue weighted by molar-refractivity contribution is 7.90. The zero-order chi connectivity index (χ0) is 30.0. The smallest absolute Gasteiger partial charge is 0.343 e. The molecule has 1 fully saturated rings. The number of hydrogen-bond donors (Lipinski definition) is 2. The van der Waals surface area contributed by atoms with Crippen LogP contribution < -0.4 is 10.6 Å². The second kappa shape index (κ2) is 11.9. The van der Waals surface area contributed by atoms with Gasteiger partial charge in [-0.05, 0) is 47.6 Å². The lowest BCUT2D eigenvalue weighted by molar-refractivity contribution is -0.161. The van der Waals surface area contributed by atoms with Gasteiger partial charge in [0.25, 0.3) is 5.91 Å². The highest BCUT2D eigenvalue weighted by atomic mass is 32.2. The lowest BCUT2D eigenvalue weighted by atomic mass is 9.97. The lowest BCUT2D eigenvalue weighted by Gasteiger charge is -2.29. The van der Waals surface area contributed by atoms with Crippen molar-refractivity contribution in [2.45, 2.75) is 55.9 Å². The third-order valence-electron chi connectivity index (χ3n) is 6.46. The molecule has 220 valence electrons. The van der Waals surface area contributed by atoms with Crippen molar-refractivity contribution in [2.24, 2.45) is 5.92 Å². The number of amides is 2. The Kier molecular flexibility index (Phi) is 9.36. The van der Waals surface area contributed by atoms with Crippen LogP contribution in [0.1, 0.15) is 38.3 Å². The van der Waals surface area contributed by atoms with Crippen molar-refractivity contribution in [3.05, 3.63) is 54.1 Å². The summed E-state index contributed by atoms with van der Waals surface area (Å²) in [5.74, 6) is -1.84. The average Bonchev–Trinajstić information content (AvgIpc) is 3.20. The predicted octanol–water partition coefficient (Wildman–Crippen LogP) is 3.04. The van der Waals surface area contributed by atoms with Gasteiger partial charge in [0.2, 0.25) is 15.9 Å². The van der Waals surface area contributed by atoms with Gasteiger partial charge in [0.15, 0.2) is 9.84 Å². The molecule has 14 heteroatoms. The van der Waals surface area contributed by atoms with Gasteiger partial charge in [-0.1, -0.05) is 50.2 Å². The summed E-state index contributed by atoms with van der Waals surface area (Å²) in [5, 5.41) is 4.83. The minimum Gasteiger partial charge on any atom is -0.343 e. The normalized spacial score (nSPS) is 18.1. The van der Waals surface area contributed by atoms with Crippen LogP contribution in [0.5, 0.6) is 0 Å². The Hall–Kier alpha value is -2.97. The van der Waals surface area contributed by atoms with Crippen LogP contribution in [-0.4, -0.2) is 70.3 Å². The SMILES string of the molecule is CC(C)CC(NC(c1ccc(-c2ccc(S(C)(=O)=O)cc2)cc1)C(F)(F)F)C(=O)NC1CCN(S(C)(=O)=O)C1=O. The second-order valence-electron chi connectivity index (χ2n) is 10.3. The van der Waals surface area contributed by atoms with E-state index in [-0.39, 0.29) is 35.8 Å². The van der Waals surface area contributed by atoms with Gasteiger partial charge in [-0.25, -0.2) is 21.1 Å². The molecule has 1 heterocycles. The zero-order valence-corrected chi connectivity index (χ0v) is 24.0. The number of nitrogens with zero attached hydrogens (tertiary/aromatic N) is 1. The van der Waals surface area contributed by atoms with E-state index >= 15 is 0 Å². The van der Waals surface area contributed by atoms with Crippen LogP contribution >= 0.6 is 0 Å². The molecular formula is C26H32F3N3O6S2. The lowest BCUT2D eigenvalue weighted by Crippen LogP contribution is -2.53. The van der Waals surface area contributed by atoms with Crippen molar-refractivity contribution in [2.75, 3.05) is 19.1 Å². The van der Waals surface area contributed by atoms with E-state index in [4.69, 9.17) is 0 Å². The maximum Gasteiger partial charge on any atom is 0.407 e. The van der Waals surface area contributed by atoms with Gasteiger partial charge in [0, 0.05) is 12.8 Å². The molecule has 3 atom stereocenters. The van der Waals surface area contributed by atoms with E-state index in [1.54, 1.807) is 26.0 Å². The first-order valence-corrected chi connectivity index (χ1v) is 16.2. The molecule has 2 aromatic rings. The number of alkyl halides is 3. The van der Waals surface area contributed by atoms with Crippen LogP contribution in [0.15, 0.2) is 53.4 Å². The predicted molar refractivity (Wildman–Crippen MR) is 143 cm³/mol. The minimum absolute atomic E-state index is 0.0152. The summed E-state index contributed by atoms with van der Waals surface area (Å²) >= 11 is 0. The molecule has 1 aliphatic rings. The Morgan fingerprint density at radius 1 is 0.975 bits per heavy atom. The van der Waals surface area contributed by atoms with E-state index in [1.807, 2.05) is 0 Å². The van der Waals surface area contributed by atoms with Gasteiger partial charge in [-0.3, -0.25) is 14.9 Å². The fraction of sp³-hybridized carbons (Fsp3) is 0.462. The molecule has 9 nitrogen and oxygen atoms in total. The number of rotatable bonds is 10. The number of carbonyl (C=O) groups is 2. The number of benzene rings is 2. The van der Waals surface area contributed by atoms with Crippen LogP contribution in [0.25, 0.3) is 11.1 Å². The number of sulfone groups is 1. The van der Waals surface area contributed by atoms with Crippen molar-refractivity contribution in [1.29, 1.82) is 0 Å². The molecule has 2 N–H and O–H groups in total. The van der Waals surface area contributed by atoms with Crippen LogP contribution in [0.3, 0.4) is 0 Å². The van der Waals surface area contributed by atoms with Crippen LogP contribution in [0.4, 0.5) is 13.2 Å². The highest BCUT2D eigenvalue weighted by Crippen LogP contribution is 2.35. The molecule has 0 aliphatic carbocycles. The Labute approximate surface area is 232 Å². The standard InChI is InChI=1S/C26H32F3N3O6S2/c1-16(2)15-22(24(33)31-21-13-14-32(25(21)34)40(4,37)38)30-23(26(27,28)29)19-7-5-17(6-8-19)18-9-11-20(12-10-18)39(3,35)36/h5-12,16,21-23,30H,13-15H2,1-4H3,(H,31,33). The van der Waals surface area contributed by atoms with Gasteiger partial charge in [-0.15, -0.1) is 0 Å². The Morgan fingerprint density at radius 2 is 1.50 bits per heavy atom. The van der Waals surface area contributed by atoms with Crippen molar-refractivity contribution in [3.63, 3.8) is 0 Å². The first-order valence-electron chi connectivity index (χ1n) is 12.4. The van der Waals surface area contributed by atoms with Gasteiger partial charge in [0.1, 0.15) is 12.1 Å². The zero-order valence-electron chi connectivity index (χ0n) is 22.4. The molecule has 0 spiro atoms. The molecule has 1 aliphatic heterocycles. The average molecular weight is 604 g/mol. The number of sulfonamides is 1. The molecule has 3 rings (SSSR count). The van der Waals surface area contributed by atoms with Crippen LogP contribution in [-0.2, 0) is 29.4 Å². The van der Waals surface area contributed by atoms with E-state index in [2.05, 4.69) is 10.6 Å². The van der Waals surface area contributed by atoms with Gasteiger partial charge >= 0.3 is 6.18 Å². The summed E-state index contributed by atoms with van der Waals surface area (Å²) in [6.45, 7) is 3.35. The summed E-state index contributed by atoms with van der Waals surface area (Å²) in [7, 11) is -7.22. The van der Waals surface area contributed by atoms with E-state index in [1.165, 1.54) is 36.4 Å². The van der Waals surface area contributed by atoms with Crippen LogP contribution in [0.2, 0.25) is 0 Å². The Balaban J connectivity index is 1.82. The van der Waals surface area contributed by atoms with E-state index in [0.717, 1.165) is 12.5 Å². The van der Waals surface area contributed by atoms with Gasteiger partial charge in [-0.2, -0.15) is 13.2 Å². The van der Waals surface area contributed by atoms with Crippen molar-refractivity contribution in [1.82, 2.24) is 14.9 Å². The van der Waals surface area contributed by atoms with E-state index in [9.17, 15) is 39.6 Å². The molecule has 2 aromatic carbocycles. The molecular weight excluding hydrogens is 571 g/mol. The van der Waals surface area contributed by atoms with Crippen molar-refractivity contribution >= 4 is 31.7 Å². The summed E-state index contributed by atoms with van der Waals surface area (Å²) in [4.78, 5) is 25.6. The molecule has 0 saturated carbocycles. The molecule has 1 saturated heterocycles. The molecule has 0 bridgehead atoms. The molecule has 2 amide bonds. The van der Waals surface area contributed by atoms with E-state index < -0.39 is 56.0 Å². The van der Waals surface area contributed by atoms with E-state index in [0.29, 0.717) is 15.4 Å². The number of halogens is 3. The first kappa shape index (κ1) is 31.6. The third kappa shape index (κ3) is 7.82. The molecule has 0 radical (unpaired) electrons. The maximum atomic E-state index is 14.2. The topological polar surface area (TPSA) is 130 Å². The summed E-state index contributed by atoms with van der Waals surface area (Å²) in [6, 6.07) is 6.75. The largest absolute Gasteiger partial charge is 0.407 e. The van der Waals surface area contributed by atoms with Crippen molar-refractivity contribution in [3.8, 4) is 11.1 Å². The van der Waals surface area contributed by atoms with Crippen molar-refractivity contribution < 1.29 is 39.6 Å². The minimum atomic E-state index is -4.77. The fourth-order valence-corrected chi connectivity index (χ4v) is 5.98. The highest BCUT2D eigenvalue weighted by Gasteiger charge is 2.44. The fourth-order valence-electron chi connectivity index (χ4n) is 4.45. The summed E-state index contributed by atoms with van der Waals surface area (Å²) in [5.41, 5.74) is 1.03. The summed E-state index contributed by atoms with van der Waals surface area (Å²) in [6.07, 6.45) is -2.79. The molecule has 40 heavy (non-hydrogen) atoms. The number of hydrogen-bond acceptors (Lipinski definition) is 7. The number of carbonyl (C=O) groups excluding carboxylic acids is 2. The Morgan fingerprint density at radius 3 is 1.93 bits per heavy atom. The van der Waals surface area contributed by atoms with Crippen LogP contribution in [0, 0.1) is 5.92 Å². The Bertz CT molecular complexity index is 1440.